The van der Waals surface area contributed by atoms with Crippen molar-refractivity contribution >= 4 is 23.1 Å². The lowest BCUT2D eigenvalue weighted by atomic mass is 9.97. The van der Waals surface area contributed by atoms with Crippen molar-refractivity contribution in [3.05, 3.63) is 35.9 Å². The molecule has 1 heterocycles. The highest BCUT2D eigenvalue weighted by Gasteiger charge is 2.32. The van der Waals surface area contributed by atoms with Gasteiger partial charge in [-0.3, -0.25) is 9.69 Å². The van der Waals surface area contributed by atoms with Crippen LogP contribution in [0.5, 0.6) is 0 Å². The Morgan fingerprint density at radius 1 is 1.38 bits per heavy atom. The topological polar surface area (TPSA) is 49.6 Å². The zero-order chi connectivity index (χ0) is 15.4. The Morgan fingerprint density at radius 3 is 2.57 bits per heavy atom. The zero-order valence-corrected chi connectivity index (χ0v) is 13.5. The summed E-state index contributed by atoms with van der Waals surface area (Å²) in [6.07, 6.45) is 0. The molecule has 1 aromatic carbocycles. The van der Waals surface area contributed by atoms with Gasteiger partial charge in [0.1, 0.15) is 5.92 Å². The average molecular weight is 305 g/mol. The van der Waals surface area contributed by atoms with Crippen molar-refractivity contribution in [2.45, 2.75) is 25.8 Å². The Hall–Kier alpha value is -1.46. The molecule has 1 aliphatic heterocycles. The lowest BCUT2D eigenvalue weighted by Gasteiger charge is -2.40. The molecular formula is C16H23N3OS. The van der Waals surface area contributed by atoms with Crippen molar-refractivity contribution in [3.8, 4) is 0 Å². The molecule has 0 spiro atoms. The minimum Gasteiger partial charge on any atom is -0.392 e. The van der Waals surface area contributed by atoms with Crippen LogP contribution in [0.1, 0.15) is 25.3 Å². The molecule has 2 unspecified atom stereocenters. The third kappa shape index (κ3) is 3.60. The molecule has 1 fully saturated rings. The van der Waals surface area contributed by atoms with Crippen molar-refractivity contribution < 1.29 is 4.79 Å². The number of thiocarbonyl (C=S) groups is 1. The van der Waals surface area contributed by atoms with E-state index in [1.165, 1.54) is 0 Å². The van der Waals surface area contributed by atoms with Crippen LogP contribution in [0.2, 0.25) is 0 Å². The number of nitrogens with two attached hydrogens (primary N) is 1. The Morgan fingerprint density at radius 2 is 2.05 bits per heavy atom. The van der Waals surface area contributed by atoms with Crippen LogP contribution in [-0.4, -0.2) is 52.9 Å². The van der Waals surface area contributed by atoms with E-state index >= 15 is 0 Å². The quantitative estimate of drug-likeness (QED) is 0.859. The molecule has 0 aromatic heterocycles. The standard InChI is InChI=1S/C16H23N3OS/c1-3-18-9-10-19(11-12(18)2)16(20)14(15(17)21)13-7-5-4-6-8-13/h4-8,12,14H,3,9-11H2,1-2H3,(H2,17,21). The van der Waals surface area contributed by atoms with Crippen LogP contribution in [0.15, 0.2) is 30.3 Å². The minimum absolute atomic E-state index is 0.0244. The minimum atomic E-state index is -0.512. The molecular weight excluding hydrogens is 282 g/mol. The molecule has 21 heavy (non-hydrogen) atoms. The van der Waals surface area contributed by atoms with Gasteiger partial charge in [-0.1, -0.05) is 49.5 Å². The molecule has 114 valence electrons. The maximum absolute atomic E-state index is 12.8. The molecule has 2 rings (SSSR count). The zero-order valence-electron chi connectivity index (χ0n) is 12.7. The molecule has 2 N–H and O–H groups in total. The monoisotopic (exact) mass is 305 g/mol. The lowest BCUT2D eigenvalue weighted by Crippen LogP contribution is -2.55. The summed E-state index contributed by atoms with van der Waals surface area (Å²) in [5, 5.41) is 0. The highest BCUT2D eigenvalue weighted by Crippen LogP contribution is 2.21. The predicted octanol–water partition coefficient (Wildman–Crippen LogP) is 1.61. The summed E-state index contributed by atoms with van der Waals surface area (Å²) >= 11 is 5.14. The molecule has 4 nitrogen and oxygen atoms in total. The summed E-state index contributed by atoms with van der Waals surface area (Å²) in [5.74, 6) is -0.488. The first-order valence-corrected chi connectivity index (χ1v) is 7.82. The largest absolute Gasteiger partial charge is 0.392 e. The first-order chi connectivity index (χ1) is 10.0. The molecule has 2 atom stereocenters. The molecule has 1 aromatic rings. The second-order valence-electron chi connectivity index (χ2n) is 5.51. The SMILES string of the molecule is CCN1CCN(C(=O)C(C(N)=S)c2ccccc2)CC1C. The van der Waals surface area contributed by atoms with Gasteiger partial charge in [0.05, 0.1) is 4.99 Å². The number of amides is 1. The van der Waals surface area contributed by atoms with E-state index in [-0.39, 0.29) is 10.9 Å². The maximum Gasteiger partial charge on any atom is 0.237 e. The number of nitrogens with zero attached hydrogens (tertiary/aromatic N) is 2. The first kappa shape index (κ1) is 15.9. The fourth-order valence-electron chi connectivity index (χ4n) is 2.92. The lowest BCUT2D eigenvalue weighted by molar-refractivity contribution is -0.134. The van der Waals surface area contributed by atoms with Gasteiger partial charge in [-0.2, -0.15) is 0 Å². The smallest absolute Gasteiger partial charge is 0.237 e. The molecule has 0 radical (unpaired) electrons. The van der Waals surface area contributed by atoms with Crippen molar-refractivity contribution in [1.82, 2.24) is 9.80 Å². The highest BCUT2D eigenvalue weighted by atomic mass is 32.1. The maximum atomic E-state index is 12.8. The summed E-state index contributed by atoms with van der Waals surface area (Å²) < 4.78 is 0. The van der Waals surface area contributed by atoms with Gasteiger partial charge in [0.25, 0.3) is 0 Å². The van der Waals surface area contributed by atoms with Gasteiger partial charge >= 0.3 is 0 Å². The van der Waals surface area contributed by atoms with E-state index in [2.05, 4.69) is 18.7 Å². The normalized spacial score (nSPS) is 21.0. The molecule has 0 aliphatic carbocycles. The van der Waals surface area contributed by atoms with Crippen molar-refractivity contribution in [1.29, 1.82) is 0 Å². The third-order valence-corrected chi connectivity index (χ3v) is 4.38. The van der Waals surface area contributed by atoms with Crippen molar-refractivity contribution in [2.75, 3.05) is 26.2 Å². The molecule has 1 amide bonds. The Labute approximate surface area is 131 Å². The Kier molecular flexibility index (Phi) is 5.31. The van der Waals surface area contributed by atoms with E-state index in [1.54, 1.807) is 0 Å². The summed E-state index contributed by atoms with van der Waals surface area (Å²) in [5.41, 5.74) is 6.71. The van der Waals surface area contributed by atoms with Crippen LogP contribution < -0.4 is 5.73 Å². The van der Waals surface area contributed by atoms with Gasteiger partial charge in [0.15, 0.2) is 0 Å². The van der Waals surface area contributed by atoms with E-state index in [0.29, 0.717) is 6.04 Å². The number of hydrogen-bond acceptors (Lipinski definition) is 3. The molecule has 1 saturated heterocycles. The van der Waals surface area contributed by atoms with Gasteiger partial charge in [-0.25, -0.2) is 0 Å². The molecule has 0 bridgehead atoms. The predicted molar refractivity (Wildman–Crippen MR) is 89.3 cm³/mol. The first-order valence-electron chi connectivity index (χ1n) is 7.41. The molecule has 5 heteroatoms. The van der Waals surface area contributed by atoms with E-state index in [1.807, 2.05) is 35.2 Å². The van der Waals surface area contributed by atoms with Crippen molar-refractivity contribution in [2.24, 2.45) is 5.73 Å². The van der Waals surface area contributed by atoms with Gasteiger partial charge in [0, 0.05) is 25.7 Å². The number of benzene rings is 1. The van der Waals surface area contributed by atoms with Gasteiger partial charge in [0.2, 0.25) is 5.91 Å². The van der Waals surface area contributed by atoms with Crippen LogP contribution in [0, 0.1) is 0 Å². The molecule has 1 aliphatic rings. The number of piperazine rings is 1. The van der Waals surface area contributed by atoms with E-state index in [9.17, 15) is 4.79 Å². The number of carbonyl (C=O) groups excluding carboxylic acids is 1. The van der Waals surface area contributed by atoms with Crippen LogP contribution in [0.3, 0.4) is 0 Å². The van der Waals surface area contributed by atoms with Crippen LogP contribution in [0.4, 0.5) is 0 Å². The van der Waals surface area contributed by atoms with Crippen LogP contribution in [0.25, 0.3) is 0 Å². The molecule has 0 saturated carbocycles. The summed E-state index contributed by atoms with van der Waals surface area (Å²) in [4.78, 5) is 17.3. The summed E-state index contributed by atoms with van der Waals surface area (Å²) in [6.45, 7) is 7.70. The van der Waals surface area contributed by atoms with Crippen LogP contribution in [-0.2, 0) is 4.79 Å². The average Bonchev–Trinajstić information content (AvgIpc) is 2.48. The van der Waals surface area contributed by atoms with E-state index < -0.39 is 5.92 Å². The van der Waals surface area contributed by atoms with E-state index in [0.717, 1.165) is 31.7 Å². The summed E-state index contributed by atoms with van der Waals surface area (Å²) in [7, 11) is 0. The fourth-order valence-corrected chi connectivity index (χ4v) is 3.16. The number of likely N-dealkylation sites (N-methyl/N-ethyl adjacent to an activating group) is 1. The highest BCUT2D eigenvalue weighted by molar-refractivity contribution is 7.80. The summed E-state index contributed by atoms with van der Waals surface area (Å²) in [6, 6.07) is 9.93. The second kappa shape index (κ2) is 7.00. The Balaban J connectivity index is 2.15. The fraction of sp³-hybridized carbons (Fsp3) is 0.500. The van der Waals surface area contributed by atoms with Gasteiger partial charge in [-0.05, 0) is 19.0 Å². The van der Waals surface area contributed by atoms with Gasteiger partial charge < -0.3 is 10.6 Å². The van der Waals surface area contributed by atoms with Crippen LogP contribution >= 0.6 is 12.2 Å². The Bertz CT molecular complexity index is 506. The number of rotatable bonds is 4. The second-order valence-corrected chi connectivity index (χ2v) is 5.98. The van der Waals surface area contributed by atoms with Crippen molar-refractivity contribution in [3.63, 3.8) is 0 Å². The third-order valence-electron chi connectivity index (χ3n) is 4.15. The van der Waals surface area contributed by atoms with E-state index in [4.69, 9.17) is 18.0 Å². The van der Waals surface area contributed by atoms with Gasteiger partial charge in [-0.15, -0.1) is 0 Å². The number of carbonyl (C=O) groups is 1. The number of hydrogen-bond donors (Lipinski definition) is 1.